The first-order chi connectivity index (χ1) is 12.5. The van der Waals surface area contributed by atoms with Crippen molar-refractivity contribution >= 4 is 17.5 Å². The van der Waals surface area contributed by atoms with Crippen molar-refractivity contribution in [2.45, 2.75) is 33.7 Å². The van der Waals surface area contributed by atoms with Gasteiger partial charge in [0.1, 0.15) is 5.69 Å². The zero-order valence-corrected chi connectivity index (χ0v) is 15.4. The van der Waals surface area contributed by atoms with Crippen molar-refractivity contribution in [1.29, 1.82) is 0 Å². The zero-order valence-electron chi connectivity index (χ0n) is 15.4. The van der Waals surface area contributed by atoms with E-state index in [1.165, 1.54) is 16.8 Å². The summed E-state index contributed by atoms with van der Waals surface area (Å²) in [6, 6.07) is 9.51. The molecule has 2 amide bonds. The van der Waals surface area contributed by atoms with Crippen molar-refractivity contribution in [2.24, 2.45) is 0 Å². The number of carbonyl (C=O) groups excluding carboxylic acids is 2. The van der Waals surface area contributed by atoms with Crippen molar-refractivity contribution in [1.82, 2.24) is 14.7 Å². The van der Waals surface area contributed by atoms with Gasteiger partial charge in [0.2, 0.25) is 0 Å². The van der Waals surface area contributed by atoms with E-state index in [4.69, 9.17) is 0 Å². The molecule has 1 heterocycles. The Kier molecular flexibility index (Phi) is 6.66. The fourth-order valence-corrected chi connectivity index (χ4v) is 2.56. The Labute approximate surface area is 152 Å². The molecule has 0 aliphatic carbocycles. The normalized spacial score (nSPS) is 10.4. The van der Waals surface area contributed by atoms with E-state index in [9.17, 15) is 14.4 Å². The van der Waals surface area contributed by atoms with Crippen molar-refractivity contribution in [3.05, 3.63) is 58.0 Å². The lowest BCUT2D eigenvalue weighted by molar-refractivity contribution is 0.0772. The highest BCUT2D eigenvalue weighted by atomic mass is 16.2. The van der Waals surface area contributed by atoms with E-state index in [1.54, 1.807) is 29.2 Å². The predicted octanol–water partition coefficient (Wildman–Crippen LogP) is 2.39. The zero-order chi connectivity index (χ0) is 19.1. The van der Waals surface area contributed by atoms with Gasteiger partial charge in [-0.15, -0.1) is 0 Å². The molecule has 0 fully saturated rings. The van der Waals surface area contributed by atoms with Crippen LogP contribution >= 0.6 is 0 Å². The number of aryl methyl sites for hydroxylation is 1. The molecule has 138 valence electrons. The largest absolute Gasteiger partial charge is 0.339 e. The molecule has 26 heavy (non-hydrogen) atoms. The van der Waals surface area contributed by atoms with Gasteiger partial charge in [0, 0.05) is 37.0 Å². The number of amides is 2. The second kappa shape index (κ2) is 8.94. The standard InChI is InChI=1S/C19H24N4O3/c1-4-12-23-17(24)11-10-16(21-23)18(25)20-15-9-7-8-14(13-15)19(26)22(5-2)6-3/h7-11,13H,4-6,12H2,1-3H3,(H,20,25). The van der Waals surface area contributed by atoms with E-state index in [-0.39, 0.29) is 17.2 Å². The van der Waals surface area contributed by atoms with E-state index in [0.717, 1.165) is 6.42 Å². The summed E-state index contributed by atoms with van der Waals surface area (Å²) in [4.78, 5) is 38.3. The van der Waals surface area contributed by atoms with Crippen LogP contribution in [0.5, 0.6) is 0 Å². The monoisotopic (exact) mass is 356 g/mol. The van der Waals surface area contributed by atoms with E-state index in [2.05, 4.69) is 10.4 Å². The van der Waals surface area contributed by atoms with Gasteiger partial charge in [-0.1, -0.05) is 13.0 Å². The SMILES string of the molecule is CCCn1nc(C(=O)Nc2cccc(C(=O)N(CC)CC)c2)ccc1=O. The highest BCUT2D eigenvalue weighted by molar-refractivity contribution is 6.03. The summed E-state index contributed by atoms with van der Waals surface area (Å²) in [5.41, 5.74) is 0.923. The maximum atomic E-state index is 12.4. The molecule has 1 aromatic heterocycles. The molecule has 1 N–H and O–H groups in total. The van der Waals surface area contributed by atoms with Crippen molar-refractivity contribution in [3.8, 4) is 0 Å². The summed E-state index contributed by atoms with van der Waals surface area (Å²) in [6.07, 6.45) is 0.744. The van der Waals surface area contributed by atoms with Crippen LogP contribution < -0.4 is 10.9 Å². The van der Waals surface area contributed by atoms with Crippen molar-refractivity contribution in [2.75, 3.05) is 18.4 Å². The fraction of sp³-hybridized carbons (Fsp3) is 0.368. The van der Waals surface area contributed by atoms with Gasteiger partial charge >= 0.3 is 0 Å². The Hall–Kier alpha value is -2.96. The minimum absolute atomic E-state index is 0.0827. The number of nitrogens with one attached hydrogen (secondary N) is 1. The third-order valence-corrected chi connectivity index (χ3v) is 3.95. The van der Waals surface area contributed by atoms with Crippen LogP contribution in [0.25, 0.3) is 0 Å². The van der Waals surface area contributed by atoms with Gasteiger partial charge in [-0.2, -0.15) is 5.10 Å². The van der Waals surface area contributed by atoms with Crippen LogP contribution in [0.2, 0.25) is 0 Å². The Balaban J connectivity index is 2.20. The molecular formula is C19H24N4O3. The van der Waals surface area contributed by atoms with Crippen LogP contribution in [0.1, 0.15) is 48.0 Å². The minimum atomic E-state index is -0.428. The van der Waals surface area contributed by atoms with Gasteiger partial charge < -0.3 is 10.2 Å². The van der Waals surface area contributed by atoms with Crippen LogP contribution in [-0.4, -0.2) is 39.6 Å². The lowest BCUT2D eigenvalue weighted by Gasteiger charge is -2.19. The molecule has 0 aliphatic rings. The maximum absolute atomic E-state index is 12.4. The van der Waals surface area contributed by atoms with E-state index in [1.807, 2.05) is 20.8 Å². The molecule has 0 unspecified atom stereocenters. The Morgan fingerprint density at radius 1 is 1.12 bits per heavy atom. The third kappa shape index (κ3) is 4.56. The molecule has 0 saturated carbocycles. The Bertz CT molecular complexity index is 841. The van der Waals surface area contributed by atoms with Crippen molar-refractivity contribution < 1.29 is 9.59 Å². The minimum Gasteiger partial charge on any atom is -0.339 e. The van der Waals surface area contributed by atoms with Gasteiger partial charge in [0.15, 0.2) is 0 Å². The number of hydrogen-bond acceptors (Lipinski definition) is 4. The summed E-state index contributed by atoms with van der Waals surface area (Å²) < 4.78 is 1.27. The molecule has 0 spiro atoms. The van der Waals surface area contributed by atoms with E-state index < -0.39 is 5.91 Å². The summed E-state index contributed by atoms with van der Waals surface area (Å²) in [6.45, 7) is 7.46. The molecular weight excluding hydrogens is 332 g/mol. The first-order valence-corrected chi connectivity index (χ1v) is 8.79. The van der Waals surface area contributed by atoms with Crippen LogP contribution in [0.15, 0.2) is 41.2 Å². The molecule has 2 aromatic rings. The number of rotatable bonds is 7. The second-order valence-corrected chi connectivity index (χ2v) is 5.79. The average Bonchev–Trinajstić information content (AvgIpc) is 2.64. The molecule has 0 bridgehead atoms. The van der Waals surface area contributed by atoms with E-state index in [0.29, 0.717) is 30.9 Å². The molecule has 1 aromatic carbocycles. The summed E-state index contributed by atoms with van der Waals surface area (Å²) in [5.74, 6) is -0.511. The predicted molar refractivity (Wildman–Crippen MR) is 100 cm³/mol. The lowest BCUT2D eigenvalue weighted by Crippen LogP contribution is -2.30. The summed E-state index contributed by atoms with van der Waals surface area (Å²) in [5, 5.41) is 6.82. The molecule has 2 rings (SSSR count). The molecule has 0 saturated heterocycles. The number of anilines is 1. The number of nitrogens with zero attached hydrogens (tertiary/aromatic N) is 3. The maximum Gasteiger partial charge on any atom is 0.276 e. The van der Waals surface area contributed by atoms with Gasteiger partial charge in [-0.3, -0.25) is 14.4 Å². The molecule has 0 radical (unpaired) electrons. The van der Waals surface area contributed by atoms with Gasteiger partial charge in [-0.25, -0.2) is 4.68 Å². The number of hydrogen-bond donors (Lipinski definition) is 1. The molecule has 0 aliphatic heterocycles. The number of benzene rings is 1. The van der Waals surface area contributed by atoms with Crippen molar-refractivity contribution in [3.63, 3.8) is 0 Å². The highest BCUT2D eigenvalue weighted by Gasteiger charge is 2.14. The van der Waals surface area contributed by atoms with Gasteiger partial charge in [0.05, 0.1) is 0 Å². The van der Waals surface area contributed by atoms with Crippen LogP contribution in [0, 0.1) is 0 Å². The first-order valence-electron chi connectivity index (χ1n) is 8.79. The topological polar surface area (TPSA) is 84.3 Å². The number of aromatic nitrogens is 2. The Morgan fingerprint density at radius 2 is 1.85 bits per heavy atom. The third-order valence-electron chi connectivity index (χ3n) is 3.95. The highest BCUT2D eigenvalue weighted by Crippen LogP contribution is 2.14. The molecule has 0 atom stereocenters. The summed E-state index contributed by atoms with van der Waals surface area (Å²) >= 11 is 0. The van der Waals surface area contributed by atoms with Crippen LogP contribution in [0.4, 0.5) is 5.69 Å². The molecule has 7 heteroatoms. The Morgan fingerprint density at radius 3 is 2.50 bits per heavy atom. The quantitative estimate of drug-likeness (QED) is 0.825. The smallest absolute Gasteiger partial charge is 0.276 e. The first kappa shape index (κ1) is 19.4. The second-order valence-electron chi connectivity index (χ2n) is 5.79. The number of carbonyl (C=O) groups is 2. The average molecular weight is 356 g/mol. The van der Waals surface area contributed by atoms with Crippen LogP contribution in [-0.2, 0) is 6.54 Å². The van der Waals surface area contributed by atoms with E-state index >= 15 is 0 Å². The van der Waals surface area contributed by atoms with Gasteiger partial charge in [-0.05, 0) is 44.5 Å². The van der Waals surface area contributed by atoms with Gasteiger partial charge in [0.25, 0.3) is 17.4 Å². The molecule has 7 nitrogen and oxygen atoms in total. The summed E-state index contributed by atoms with van der Waals surface area (Å²) in [7, 11) is 0. The lowest BCUT2D eigenvalue weighted by atomic mass is 10.1. The fourth-order valence-electron chi connectivity index (χ4n) is 2.56. The van der Waals surface area contributed by atoms with Crippen LogP contribution in [0.3, 0.4) is 0 Å².